The highest BCUT2D eigenvalue weighted by molar-refractivity contribution is 8.13. The highest BCUT2D eigenvalue weighted by Crippen LogP contribution is 2.67. The molecular weight excluding hydrogens is 510 g/mol. The molecule has 4 aliphatic carbocycles. The van der Waals surface area contributed by atoms with Crippen LogP contribution in [0.15, 0.2) is 23.8 Å². The maximum Gasteiger partial charge on any atom is 0.329 e. The first kappa shape index (κ1) is 28.7. The molecule has 0 heterocycles. The summed E-state index contributed by atoms with van der Waals surface area (Å²) in [6.07, 6.45) is 6.86. The number of thioether (sulfide) groups is 1. The first-order valence-corrected chi connectivity index (χ1v) is 14.2. The predicted molar refractivity (Wildman–Crippen MR) is 140 cm³/mol. The van der Waals surface area contributed by atoms with Crippen LogP contribution in [0.5, 0.6) is 0 Å². The molecule has 4 rings (SSSR count). The number of carbonyl (C=O) groups is 5. The van der Waals surface area contributed by atoms with Crippen molar-refractivity contribution in [2.75, 3.05) is 12.4 Å². The maximum absolute atomic E-state index is 13.4. The van der Waals surface area contributed by atoms with Gasteiger partial charge in [0.2, 0.25) is 11.7 Å². The van der Waals surface area contributed by atoms with Crippen molar-refractivity contribution in [2.45, 2.75) is 77.5 Å². The van der Waals surface area contributed by atoms with Crippen LogP contribution >= 0.6 is 11.8 Å². The first-order chi connectivity index (χ1) is 17.7. The van der Waals surface area contributed by atoms with Crippen LogP contribution in [-0.2, 0) is 28.7 Å². The molecular formula is C28H37NO8S. The zero-order valence-electron chi connectivity index (χ0n) is 22.3. The standard InChI is InChI=1S/C28H37NO8S/c1-15(30)29-21(14-38-16(2)31)25(35)37-13-23(34)28(36)10-8-20-19-6-5-17-11-18(32)7-9-26(17,3)24(19)22(33)12-27(20,28)4/h7,9,11,19-22,24,33,36H,5-6,8,10,12-14H2,1-4H3,(H,29,30)/t19?,20?,21?,22-,24?,26-,27-,28-/m0/s1. The molecule has 0 bridgehead atoms. The molecule has 0 spiro atoms. The van der Waals surface area contributed by atoms with Crippen LogP contribution in [0.3, 0.4) is 0 Å². The van der Waals surface area contributed by atoms with E-state index in [0.717, 1.165) is 30.2 Å². The van der Waals surface area contributed by atoms with Crippen molar-refractivity contribution in [1.29, 1.82) is 0 Å². The van der Waals surface area contributed by atoms with Crippen molar-refractivity contribution in [1.82, 2.24) is 5.32 Å². The normalized spacial score (nSPS) is 38.3. The minimum absolute atomic E-state index is 0.0240. The second kappa shape index (κ2) is 10.4. The fourth-order valence-corrected chi connectivity index (χ4v) is 8.38. The topological polar surface area (TPSA) is 147 Å². The zero-order valence-corrected chi connectivity index (χ0v) is 23.1. The molecule has 3 N–H and O–H groups in total. The van der Waals surface area contributed by atoms with Gasteiger partial charge in [-0.3, -0.25) is 19.2 Å². The minimum Gasteiger partial charge on any atom is -0.456 e. The summed E-state index contributed by atoms with van der Waals surface area (Å²) in [5.41, 5.74) is -2.11. The lowest BCUT2D eigenvalue weighted by atomic mass is 9.46. The van der Waals surface area contributed by atoms with Crippen molar-refractivity contribution in [2.24, 2.45) is 28.6 Å². The average molecular weight is 548 g/mol. The maximum atomic E-state index is 13.4. The van der Waals surface area contributed by atoms with E-state index in [1.165, 1.54) is 13.8 Å². The van der Waals surface area contributed by atoms with Crippen LogP contribution in [-0.4, -0.2) is 68.9 Å². The Bertz CT molecular complexity index is 1120. The largest absolute Gasteiger partial charge is 0.456 e. The van der Waals surface area contributed by atoms with Crippen molar-refractivity contribution < 1.29 is 38.9 Å². The zero-order chi connectivity index (χ0) is 28.0. The second-order valence-corrected chi connectivity index (χ2v) is 12.9. The Balaban J connectivity index is 1.50. The lowest BCUT2D eigenvalue weighted by Crippen LogP contribution is -2.61. The van der Waals surface area contributed by atoms with Crippen LogP contribution in [0.4, 0.5) is 0 Å². The Hall–Kier alpha value is -2.30. The van der Waals surface area contributed by atoms with Gasteiger partial charge in [-0.1, -0.05) is 37.3 Å². The minimum atomic E-state index is -1.78. The second-order valence-electron chi connectivity index (χ2n) is 11.7. The Morgan fingerprint density at radius 2 is 1.92 bits per heavy atom. The smallest absolute Gasteiger partial charge is 0.329 e. The molecule has 0 aliphatic heterocycles. The van der Waals surface area contributed by atoms with Crippen LogP contribution in [0.1, 0.15) is 59.8 Å². The molecule has 0 saturated heterocycles. The highest BCUT2D eigenvalue weighted by atomic mass is 32.2. The lowest BCUT2D eigenvalue weighted by Gasteiger charge is -2.59. The number of ketones is 2. The number of allylic oxidation sites excluding steroid dienone is 4. The van der Waals surface area contributed by atoms with Crippen LogP contribution < -0.4 is 5.32 Å². The number of carbonyl (C=O) groups excluding carboxylic acids is 5. The highest BCUT2D eigenvalue weighted by Gasteiger charge is 2.68. The number of nitrogens with one attached hydrogen (secondary N) is 1. The fraction of sp³-hybridized carbons (Fsp3) is 0.679. The van der Waals surface area contributed by atoms with Gasteiger partial charge in [-0.25, -0.2) is 4.79 Å². The number of rotatable bonds is 7. The molecule has 4 unspecified atom stereocenters. The molecule has 208 valence electrons. The van der Waals surface area contributed by atoms with E-state index in [-0.39, 0.29) is 47.2 Å². The summed E-state index contributed by atoms with van der Waals surface area (Å²) in [7, 11) is 0. The van der Waals surface area contributed by atoms with Crippen molar-refractivity contribution in [3.05, 3.63) is 23.8 Å². The van der Waals surface area contributed by atoms with Crippen molar-refractivity contribution >= 4 is 40.3 Å². The molecule has 9 nitrogen and oxygen atoms in total. The van der Waals surface area contributed by atoms with Crippen LogP contribution in [0.2, 0.25) is 0 Å². The molecule has 1 amide bonds. The quantitative estimate of drug-likeness (QED) is 0.407. The van der Waals surface area contributed by atoms with E-state index >= 15 is 0 Å². The van der Waals surface area contributed by atoms with Crippen molar-refractivity contribution in [3.8, 4) is 0 Å². The molecule has 0 aromatic heterocycles. The third-order valence-corrected chi connectivity index (χ3v) is 10.5. The average Bonchev–Trinajstić information content (AvgIpc) is 3.10. The van der Waals surface area contributed by atoms with Gasteiger partial charge in [0.1, 0.15) is 11.6 Å². The number of hydrogen-bond donors (Lipinski definition) is 3. The van der Waals surface area contributed by atoms with E-state index in [9.17, 15) is 34.2 Å². The molecule has 3 saturated carbocycles. The third-order valence-electron chi connectivity index (χ3n) is 9.57. The van der Waals surface area contributed by atoms with Gasteiger partial charge >= 0.3 is 5.97 Å². The van der Waals surface area contributed by atoms with Gasteiger partial charge in [0.25, 0.3) is 0 Å². The number of amides is 1. The summed E-state index contributed by atoms with van der Waals surface area (Å²) >= 11 is 0.857. The number of ether oxygens (including phenoxy) is 1. The van der Waals surface area contributed by atoms with Crippen LogP contribution in [0, 0.1) is 28.6 Å². The predicted octanol–water partition coefficient (Wildman–Crippen LogP) is 1.89. The van der Waals surface area contributed by atoms with E-state index < -0.39 is 52.8 Å². The summed E-state index contributed by atoms with van der Waals surface area (Å²) in [5, 5.41) is 25.4. The number of aliphatic hydroxyl groups is 2. The summed E-state index contributed by atoms with van der Waals surface area (Å²) in [5.74, 6) is -2.13. The molecule has 4 aliphatic rings. The molecule has 3 fully saturated rings. The number of esters is 1. The van der Waals surface area contributed by atoms with Gasteiger partial charge in [0.05, 0.1) is 6.10 Å². The Morgan fingerprint density at radius 3 is 2.58 bits per heavy atom. The van der Waals surface area contributed by atoms with E-state index in [1.54, 1.807) is 12.2 Å². The van der Waals surface area contributed by atoms with Gasteiger partial charge < -0.3 is 20.3 Å². The van der Waals surface area contributed by atoms with Gasteiger partial charge in [-0.15, -0.1) is 0 Å². The van der Waals surface area contributed by atoms with E-state index in [2.05, 4.69) is 12.2 Å². The van der Waals surface area contributed by atoms with E-state index in [1.807, 2.05) is 13.0 Å². The third kappa shape index (κ3) is 4.79. The number of Topliss-reactive ketones (excluding diaryl/α,β-unsaturated/α-hetero) is 1. The van der Waals surface area contributed by atoms with E-state index in [0.29, 0.717) is 6.42 Å². The van der Waals surface area contributed by atoms with Gasteiger partial charge in [-0.05, 0) is 56.1 Å². The fourth-order valence-electron chi connectivity index (χ4n) is 7.76. The number of aliphatic hydroxyl groups excluding tert-OH is 1. The summed E-state index contributed by atoms with van der Waals surface area (Å²) in [6.45, 7) is 5.82. The van der Waals surface area contributed by atoms with Crippen molar-refractivity contribution in [3.63, 3.8) is 0 Å². The summed E-state index contributed by atoms with van der Waals surface area (Å²) in [6, 6.07) is -1.10. The van der Waals surface area contributed by atoms with E-state index in [4.69, 9.17) is 4.74 Å². The SMILES string of the molecule is CC(=O)NC(CSC(C)=O)C(=O)OCC(=O)[C@@]1(O)CCC2C3CCC4=CC(=O)C=C[C@]4(C)C3[C@@H](O)C[C@@]21C. The van der Waals surface area contributed by atoms with Gasteiger partial charge in [0.15, 0.2) is 17.5 Å². The number of hydrogen-bond acceptors (Lipinski definition) is 9. The summed E-state index contributed by atoms with van der Waals surface area (Å²) < 4.78 is 5.23. The lowest BCUT2D eigenvalue weighted by molar-refractivity contribution is -0.181. The monoisotopic (exact) mass is 547 g/mol. The Kier molecular flexibility index (Phi) is 7.82. The summed E-state index contributed by atoms with van der Waals surface area (Å²) in [4.78, 5) is 60.9. The van der Waals surface area contributed by atoms with Gasteiger partial charge in [0, 0.05) is 36.3 Å². The Labute approximate surface area is 226 Å². The molecule has 0 aromatic rings. The molecule has 10 heteroatoms. The molecule has 8 atom stereocenters. The first-order valence-electron chi connectivity index (χ1n) is 13.2. The van der Waals surface area contributed by atoms with Gasteiger partial charge in [-0.2, -0.15) is 0 Å². The Morgan fingerprint density at radius 1 is 1.21 bits per heavy atom. The van der Waals surface area contributed by atoms with Crippen LogP contribution in [0.25, 0.3) is 0 Å². The number of fused-ring (bicyclic) bond motifs is 5. The molecule has 38 heavy (non-hydrogen) atoms. The molecule has 0 aromatic carbocycles. The molecule has 0 radical (unpaired) electrons.